The Kier molecular flexibility index (Phi) is 6.32. The maximum Gasteiger partial charge on any atom is 0.136 e. The monoisotopic (exact) mass is 630 g/mol. The molecule has 2 N–H and O–H groups in total. The summed E-state index contributed by atoms with van der Waals surface area (Å²) in [5.41, 5.74) is 7.42. The number of rotatable bonds is 4. The largest absolute Gasteiger partial charge is 0.456 e. The minimum absolute atomic E-state index is 0.164. The molecule has 49 heavy (non-hydrogen) atoms. The van der Waals surface area contributed by atoms with Gasteiger partial charge in [0.25, 0.3) is 0 Å². The molecule has 2 aromatic heterocycles. The second kappa shape index (κ2) is 11.2. The highest BCUT2D eigenvalue weighted by atomic mass is 16.3. The number of aromatic nitrogens is 1. The van der Waals surface area contributed by atoms with Gasteiger partial charge in [0.15, 0.2) is 0 Å². The molecule has 5 heteroatoms. The molecule has 0 saturated heterocycles. The summed E-state index contributed by atoms with van der Waals surface area (Å²) >= 11 is 0. The zero-order valence-electron chi connectivity index (χ0n) is 26.5. The average molecular weight is 631 g/mol. The van der Waals surface area contributed by atoms with Crippen LogP contribution in [0.2, 0.25) is 0 Å². The van der Waals surface area contributed by atoms with Crippen LogP contribution < -0.4 is 10.6 Å². The maximum atomic E-state index is 6.37. The average Bonchev–Trinajstić information content (AvgIpc) is 3.54. The molecule has 0 fully saturated rings. The van der Waals surface area contributed by atoms with Gasteiger partial charge in [-0.1, -0.05) is 109 Å². The highest BCUT2D eigenvalue weighted by Gasteiger charge is 2.27. The molecule has 7 aromatic carbocycles. The minimum Gasteiger partial charge on any atom is -0.456 e. The predicted molar refractivity (Wildman–Crippen MR) is 201 cm³/mol. The number of fused-ring (bicyclic) bond motifs is 6. The Morgan fingerprint density at radius 2 is 1.39 bits per heavy atom. The molecule has 3 heterocycles. The van der Waals surface area contributed by atoms with E-state index in [4.69, 9.17) is 9.41 Å². The summed E-state index contributed by atoms with van der Waals surface area (Å²) in [6.45, 7) is 0. The molecule has 5 nitrogen and oxygen atoms in total. The predicted octanol–water partition coefficient (Wildman–Crippen LogP) is 10.4. The first kappa shape index (κ1) is 27.8. The Bertz CT molecular complexity index is 2750. The summed E-state index contributed by atoms with van der Waals surface area (Å²) in [6.07, 6.45) is 3.34. The number of benzene rings is 7. The van der Waals surface area contributed by atoms with E-state index in [1.807, 2.05) is 18.5 Å². The van der Waals surface area contributed by atoms with E-state index in [-0.39, 0.29) is 12.3 Å². The van der Waals surface area contributed by atoms with Crippen LogP contribution in [0.15, 0.2) is 167 Å². The van der Waals surface area contributed by atoms with Crippen molar-refractivity contribution in [2.24, 2.45) is 4.99 Å². The summed E-state index contributed by atoms with van der Waals surface area (Å²) < 4.78 is 6.37. The van der Waals surface area contributed by atoms with Crippen LogP contribution in [0.4, 0.5) is 0 Å². The quantitative estimate of drug-likeness (QED) is 0.203. The van der Waals surface area contributed by atoms with Gasteiger partial charge in [0.2, 0.25) is 0 Å². The van der Waals surface area contributed by atoms with Gasteiger partial charge >= 0.3 is 0 Å². The zero-order valence-corrected chi connectivity index (χ0v) is 26.5. The second-order valence-electron chi connectivity index (χ2n) is 12.7. The number of amidine groups is 1. The molecule has 0 bridgehead atoms. The van der Waals surface area contributed by atoms with Gasteiger partial charge in [-0.2, -0.15) is 0 Å². The van der Waals surface area contributed by atoms with Gasteiger partial charge in [-0.25, -0.2) is 4.99 Å². The number of aliphatic imine (C=N–C) groups is 1. The van der Waals surface area contributed by atoms with Crippen LogP contribution in [0.25, 0.3) is 65.4 Å². The summed E-state index contributed by atoms with van der Waals surface area (Å²) in [5.74, 6) is 0.873. The first-order valence-corrected chi connectivity index (χ1v) is 16.6. The lowest BCUT2D eigenvalue weighted by atomic mass is 9.94. The number of furan rings is 1. The highest BCUT2D eigenvalue weighted by molar-refractivity contribution is 6.16. The number of hydrogen-bond acceptors (Lipinski definition) is 5. The van der Waals surface area contributed by atoms with Gasteiger partial charge in [0.1, 0.15) is 29.3 Å². The molecule has 1 aliphatic rings. The van der Waals surface area contributed by atoms with Crippen LogP contribution in [-0.4, -0.2) is 10.8 Å². The van der Waals surface area contributed by atoms with E-state index in [9.17, 15) is 0 Å². The molecule has 232 valence electrons. The third kappa shape index (κ3) is 4.74. The second-order valence-corrected chi connectivity index (χ2v) is 12.7. The normalized spacial score (nSPS) is 16.4. The van der Waals surface area contributed by atoms with Crippen molar-refractivity contribution in [2.75, 3.05) is 0 Å². The standard InChI is InChI=1S/C44H30N4O/c1-2-9-28(10-3-1)42-46-43(33-17-16-27-8-4-5-11-29(27)22-33)48-44(47-42)37-14-6-12-31-23-32(18-19-35(31)37)36-13-7-15-39-41(36)38-24-30-20-21-45-26-34(30)25-40(38)49-39/h1-26,43-44,48H,(H,46,47). The summed E-state index contributed by atoms with van der Waals surface area (Å²) in [7, 11) is 0. The fraction of sp³-hybridized carbons (Fsp3) is 0.0455. The molecule has 2 atom stereocenters. The molecule has 9 aromatic rings. The van der Waals surface area contributed by atoms with Crippen LogP contribution in [-0.2, 0) is 0 Å². The molecular weight excluding hydrogens is 601 g/mol. The fourth-order valence-electron chi connectivity index (χ4n) is 7.39. The summed E-state index contributed by atoms with van der Waals surface area (Å²) in [6, 6.07) is 51.5. The Morgan fingerprint density at radius 1 is 0.551 bits per heavy atom. The molecule has 0 spiro atoms. The molecule has 0 radical (unpaired) electrons. The van der Waals surface area contributed by atoms with Gasteiger partial charge < -0.3 is 9.73 Å². The van der Waals surface area contributed by atoms with E-state index >= 15 is 0 Å². The lowest BCUT2D eigenvalue weighted by molar-refractivity contribution is 0.411. The van der Waals surface area contributed by atoms with Crippen molar-refractivity contribution in [3.05, 3.63) is 175 Å². The van der Waals surface area contributed by atoms with E-state index in [1.54, 1.807) is 0 Å². The van der Waals surface area contributed by atoms with Gasteiger partial charge in [0, 0.05) is 34.1 Å². The molecule has 0 saturated carbocycles. The van der Waals surface area contributed by atoms with Crippen LogP contribution in [0.1, 0.15) is 29.0 Å². The van der Waals surface area contributed by atoms with E-state index in [2.05, 4.69) is 155 Å². The topological polar surface area (TPSA) is 62.5 Å². The van der Waals surface area contributed by atoms with Crippen molar-refractivity contribution < 1.29 is 4.42 Å². The lowest BCUT2D eigenvalue weighted by Crippen LogP contribution is -2.45. The van der Waals surface area contributed by atoms with Crippen molar-refractivity contribution in [1.29, 1.82) is 0 Å². The Balaban J connectivity index is 1.07. The van der Waals surface area contributed by atoms with Gasteiger partial charge in [-0.15, -0.1) is 0 Å². The maximum absolute atomic E-state index is 6.37. The minimum atomic E-state index is -0.223. The first-order chi connectivity index (χ1) is 24.2. The number of nitrogens with one attached hydrogen (secondary N) is 2. The lowest BCUT2D eigenvalue weighted by Gasteiger charge is -2.33. The molecule has 10 rings (SSSR count). The van der Waals surface area contributed by atoms with Crippen molar-refractivity contribution in [1.82, 2.24) is 15.6 Å². The Morgan fingerprint density at radius 3 is 2.33 bits per heavy atom. The zero-order chi connectivity index (χ0) is 32.3. The summed E-state index contributed by atoms with van der Waals surface area (Å²) in [4.78, 5) is 9.49. The van der Waals surface area contributed by atoms with Crippen molar-refractivity contribution in [3.63, 3.8) is 0 Å². The van der Waals surface area contributed by atoms with Crippen LogP contribution in [0.5, 0.6) is 0 Å². The number of nitrogens with zero attached hydrogens (tertiary/aromatic N) is 2. The van der Waals surface area contributed by atoms with E-state index in [0.29, 0.717) is 0 Å². The van der Waals surface area contributed by atoms with E-state index in [1.165, 1.54) is 27.1 Å². The third-order valence-corrected chi connectivity index (χ3v) is 9.79. The highest BCUT2D eigenvalue weighted by Crippen LogP contribution is 2.40. The molecular formula is C44H30N4O. The fourth-order valence-corrected chi connectivity index (χ4v) is 7.39. The van der Waals surface area contributed by atoms with Crippen molar-refractivity contribution >= 4 is 60.1 Å². The smallest absolute Gasteiger partial charge is 0.136 e. The van der Waals surface area contributed by atoms with Crippen LogP contribution in [0.3, 0.4) is 0 Å². The van der Waals surface area contributed by atoms with Gasteiger partial charge in [-0.05, 0) is 85.6 Å². The number of pyridine rings is 1. The Labute approximate surface area is 282 Å². The van der Waals surface area contributed by atoms with Gasteiger partial charge in [0.05, 0.1) is 0 Å². The third-order valence-electron chi connectivity index (χ3n) is 9.79. The summed E-state index contributed by atoms with van der Waals surface area (Å²) in [5, 5.41) is 16.8. The van der Waals surface area contributed by atoms with Crippen molar-refractivity contribution in [2.45, 2.75) is 12.3 Å². The SMILES string of the molecule is c1ccc(C2=NC(c3ccc4ccccc4c3)NC(c3cccc4cc(-c5cccc6oc7cc8cnccc8cc7c56)ccc34)N2)cc1. The molecule has 0 amide bonds. The van der Waals surface area contributed by atoms with Crippen LogP contribution in [0, 0.1) is 0 Å². The molecule has 1 aliphatic heterocycles. The molecule has 0 aliphatic carbocycles. The Hall–Kier alpha value is -6.30. The van der Waals surface area contributed by atoms with Crippen LogP contribution >= 0.6 is 0 Å². The van der Waals surface area contributed by atoms with Gasteiger partial charge in [-0.3, -0.25) is 10.3 Å². The first-order valence-electron chi connectivity index (χ1n) is 16.6. The van der Waals surface area contributed by atoms with E-state index in [0.717, 1.165) is 60.8 Å². The van der Waals surface area contributed by atoms with Crippen molar-refractivity contribution in [3.8, 4) is 11.1 Å². The van der Waals surface area contributed by atoms with E-state index < -0.39 is 0 Å². The molecule has 2 unspecified atom stereocenters. The number of hydrogen-bond donors (Lipinski definition) is 2.